The largest absolute Gasteiger partial charge is 0.497 e. The zero-order chi connectivity index (χ0) is 23.1. The Morgan fingerprint density at radius 2 is 1.56 bits per heavy atom. The number of hydrogen-bond acceptors (Lipinski definition) is 7. The van der Waals surface area contributed by atoms with Gasteiger partial charge in [-0.1, -0.05) is 6.07 Å². The van der Waals surface area contributed by atoms with E-state index in [0.717, 1.165) is 0 Å². The number of ether oxygens (including phenoxy) is 3. The van der Waals surface area contributed by atoms with Crippen LogP contribution in [0.3, 0.4) is 0 Å². The van der Waals surface area contributed by atoms with Gasteiger partial charge in [-0.15, -0.1) is 0 Å². The molecule has 0 bridgehead atoms. The average molecular weight is 457 g/mol. The highest BCUT2D eigenvalue weighted by Crippen LogP contribution is 2.29. The van der Waals surface area contributed by atoms with Gasteiger partial charge in [0.2, 0.25) is 0 Å². The first-order valence-electron chi connectivity index (χ1n) is 9.68. The summed E-state index contributed by atoms with van der Waals surface area (Å²) in [7, 11) is 0.628. The molecule has 0 saturated heterocycles. The van der Waals surface area contributed by atoms with E-state index in [0.29, 0.717) is 22.8 Å². The topological polar surface area (TPSA) is 104 Å². The van der Waals surface area contributed by atoms with E-state index in [1.54, 1.807) is 48.7 Å². The molecule has 3 aromatic rings. The summed E-state index contributed by atoms with van der Waals surface area (Å²) in [6.45, 7) is -0.154. The number of hydrogen-bond donors (Lipinski definition) is 1. The Morgan fingerprint density at radius 3 is 2.09 bits per heavy atom. The lowest BCUT2D eigenvalue weighted by atomic mass is 10.1. The SMILES string of the molecule is COc1ccc(S(=O)(=O)C(CNC(=O)c2cc(OC)cc(OC)c2)c2cccnc2)cc1. The highest BCUT2D eigenvalue weighted by atomic mass is 32.2. The Kier molecular flexibility index (Phi) is 7.32. The fourth-order valence-corrected chi connectivity index (χ4v) is 4.77. The van der Waals surface area contributed by atoms with Crippen molar-refractivity contribution < 1.29 is 27.4 Å². The van der Waals surface area contributed by atoms with Gasteiger partial charge in [0.1, 0.15) is 22.5 Å². The number of amides is 1. The van der Waals surface area contributed by atoms with Gasteiger partial charge in [0, 0.05) is 30.6 Å². The summed E-state index contributed by atoms with van der Waals surface area (Å²) in [6.07, 6.45) is 3.04. The molecule has 168 valence electrons. The van der Waals surface area contributed by atoms with Crippen LogP contribution in [0, 0.1) is 0 Å². The molecule has 0 saturated carbocycles. The molecule has 3 rings (SSSR count). The van der Waals surface area contributed by atoms with Crippen LogP contribution in [-0.4, -0.2) is 47.2 Å². The third kappa shape index (κ3) is 5.17. The van der Waals surface area contributed by atoms with Gasteiger partial charge in [0.25, 0.3) is 5.91 Å². The van der Waals surface area contributed by atoms with Crippen molar-refractivity contribution in [3.63, 3.8) is 0 Å². The minimum atomic E-state index is -3.84. The van der Waals surface area contributed by atoms with Crippen molar-refractivity contribution >= 4 is 15.7 Å². The van der Waals surface area contributed by atoms with E-state index < -0.39 is 21.0 Å². The summed E-state index contributed by atoms with van der Waals surface area (Å²) in [5.41, 5.74) is 0.750. The van der Waals surface area contributed by atoms with Crippen molar-refractivity contribution in [2.75, 3.05) is 27.9 Å². The fourth-order valence-electron chi connectivity index (χ4n) is 3.13. The molecule has 1 heterocycles. The summed E-state index contributed by atoms with van der Waals surface area (Å²) in [5.74, 6) is 0.983. The maximum absolute atomic E-state index is 13.4. The molecular formula is C23H24N2O6S. The van der Waals surface area contributed by atoms with Crippen LogP contribution >= 0.6 is 0 Å². The quantitative estimate of drug-likeness (QED) is 0.528. The van der Waals surface area contributed by atoms with E-state index >= 15 is 0 Å². The number of nitrogens with one attached hydrogen (secondary N) is 1. The molecule has 2 aromatic carbocycles. The minimum Gasteiger partial charge on any atom is -0.497 e. The number of sulfone groups is 1. The van der Waals surface area contributed by atoms with Crippen molar-refractivity contribution in [3.8, 4) is 17.2 Å². The van der Waals surface area contributed by atoms with E-state index in [-0.39, 0.29) is 17.0 Å². The monoisotopic (exact) mass is 456 g/mol. The number of nitrogens with zero attached hydrogens (tertiary/aromatic N) is 1. The Bertz CT molecular complexity index is 1140. The molecular weight excluding hydrogens is 432 g/mol. The first-order chi connectivity index (χ1) is 15.4. The van der Waals surface area contributed by atoms with Crippen molar-refractivity contribution in [2.24, 2.45) is 0 Å². The lowest BCUT2D eigenvalue weighted by Gasteiger charge is -2.19. The van der Waals surface area contributed by atoms with Crippen LogP contribution in [-0.2, 0) is 9.84 Å². The van der Waals surface area contributed by atoms with Crippen LogP contribution in [0.2, 0.25) is 0 Å². The number of carbonyl (C=O) groups excluding carboxylic acids is 1. The van der Waals surface area contributed by atoms with Gasteiger partial charge in [0.15, 0.2) is 9.84 Å². The van der Waals surface area contributed by atoms with Gasteiger partial charge in [-0.2, -0.15) is 0 Å². The number of rotatable bonds is 9. The number of methoxy groups -OCH3 is 3. The zero-order valence-electron chi connectivity index (χ0n) is 17.9. The fraction of sp³-hybridized carbons (Fsp3) is 0.217. The smallest absolute Gasteiger partial charge is 0.251 e. The first-order valence-corrected chi connectivity index (χ1v) is 11.2. The summed E-state index contributed by atoms with van der Waals surface area (Å²) < 4.78 is 42.4. The number of benzene rings is 2. The predicted octanol–water partition coefficient (Wildman–Crippen LogP) is 3.05. The van der Waals surface area contributed by atoms with Gasteiger partial charge >= 0.3 is 0 Å². The number of pyridine rings is 1. The van der Waals surface area contributed by atoms with Gasteiger partial charge in [-0.05, 0) is 48.0 Å². The molecule has 0 fully saturated rings. The molecule has 32 heavy (non-hydrogen) atoms. The van der Waals surface area contributed by atoms with Crippen LogP contribution < -0.4 is 19.5 Å². The summed E-state index contributed by atoms with van der Waals surface area (Å²) in [4.78, 5) is 17.0. The molecule has 1 N–H and O–H groups in total. The maximum Gasteiger partial charge on any atom is 0.251 e. The van der Waals surface area contributed by atoms with Crippen molar-refractivity contribution in [3.05, 3.63) is 78.1 Å². The van der Waals surface area contributed by atoms with E-state index in [1.165, 1.54) is 39.7 Å². The Labute approximate surface area is 187 Å². The molecule has 1 unspecified atom stereocenters. The van der Waals surface area contributed by atoms with E-state index in [1.807, 2.05) is 0 Å². The van der Waals surface area contributed by atoms with Gasteiger partial charge in [-0.3, -0.25) is 9.78 Å². The molecule has 1 amide bonds. The second-order valence-electron chi connectivity index (χ2n) is 6.81. The van der Waals surface area contributed by atoms with Crippen molar-refractivity contribution in [2.45, 2.75) is 10.1 Å². The summed E-state index contributed by atoms with van der Waals surface area (Å²) >= 11 is 0. The normalized spacial score (nSPS) is 12.0. The number of carbonyl (C=O) groups is 1. The first kappa shape index (κ1) is 23.1. The third-order valence-corrected chi connectivity index (χ3v) is 7.00. The molecule has 1 atom stereocenters. The second kappa shape index (κ2) is 10.1. The van der Waals surface area contributed by atoms with E-state index in [2.05, 4.69) is 10.3 Å². The molecule has 0 spiro atoms. The molecule has 8 nitrogen and oxygen atoms in total. The van der Waals surface area contributed by atoms with Crippen LogP contribution in [0.1, 0.15) is 21.2 Å². The van der Waals surface area contributed by atoms with Crippen molar-refractivity contribution in [1.29, 1.82) is 0 Å². The summed E-state index contributed by atoms with van der Waals surface area (Å²) in [5, 5.41) is 1.68. The Balaban J connectivity index is 1.90. The van der Waals surface area contributed by atoms with Crippen LogP contribution in [0.25, 0.3) is 0 Å². The third-order valence-electron chi connectivity index (χ3n) is 4.88. The lowest BCUT2D eigenvalue weighted by molar-refractivity contribution is 0.0953. The lowest BCUT2D eigenvalue weighted by Crippen LogP contribution is -2.32. The second-order valence-corrected chi connectivity index (χ2v) is 8.94. The van der Waals surface area contributed by atoms with Crippen molar-refractivity contribution in [1.82, 2.24) is 10.3 Å². The Hall–Kier alpha value is -3.59. The highest BCUT2D eigenvalue weighted by Gasteiger charge is 2.30. The van der Waals surface area contributed by atoms with Crippen LogP contribution in [0.5, 0.6) is 17.2 Å². The van der Waals surface area contributed by atoms with Gasteiger partial charge in [0.05, 0.1) is 26.2 Å². The highest BCUT2D eigenvalue weighted by molar-refractivity contribution is 7.91. The molecule has 9 heteroatoms. The Morgan fingerprint density at radius 1 is 0.938 bits per heavy atom. The number of aromatic nitrogens is 1. The molecule has 0 aliphatic rings. The minimum absolute atomic E-state index is 0.115. The predicted molar refractivity (Wildman–Crippen MR) is 119 cm³/mol. The van der Waals surface area contributed by atoms with E-state index in [4.69, 9.17) is 14.2 Å². The average Bonchev–Trinajstić information content (AvgIpc) is 2.84. The standard InChI is InChI=1S/C23H24N2O6S/c1-29-18-6-8-21(9-7-18)32(27,28)22(16-5-4-10-24-14-16)15-25-23(26)17-11-19(30-2)13-20(12-17)31-3/h4-14,22H,15H2,1-3H3,(H,25,26). The maximum atomic E-state index is 13.4. The van der Waals surface area contributed by atoms with Crippen LogP contribution in [0.4, 0.5) is 0 Å². The van der Waals surface area contributed by atoms with Gasteiger partial charge in [-0.25, -0.2) is 8.42 Å². The van der Waals surface area contributed by atoms with Crippen LogP contribution in [0.15, 0.2) is 71.9 Å². The molecule has 1 aromatic heterocycles. The van der Waals surface area contributed by atoms with Gasteiger partial charge < -0.3 is 19.5 Å². The molecule has 0 aliphatic heterocycles. The van der Waals surface area contributed by atoms with E-state index in [9.17, 15) is 13.2 Å². The zero-order valence-corrected chi connectivity index (χ0v) is 18.8. The molecule has 0 aliphatic carbocycles. The molecule has 0 radical (unpaired) electrons. The summed E-state index contributed by atoms with van der Waals surface area (Å²) in [6, 6.07) is 14.2.